The summed E-state index contributed by atoms with van der Waals surface area (Å²) in [6.45, 7) is 20.3. The van der Waals surface area contributed by atoms with Gasteiger partial charge in [-0.25, -0.2) is 0 Å². The van der Waals surface area contributed by atoms with Gasteiger partial charge in [0.05, 0.1) is 24.4 Å². The molecule has 0 aliphatic carbocycles. The van der Waals surface area contributed by atoms with Gasteiger partial charge < -0.3 is 20.4 Å². The maximum atomic E-state index is 13.4. The summed E-state index contributed by atoms with van der Waals surface area (Å²) in [6.07, 6.45) is 92.0. The lowest BCUT2D eigenvalue weighted by atomic mass is 10.1. The number of carbonyl (C=O) groups excluding carboxylic acids is 2. The molecule has 0 saturated carbocycles. The van der Waals surface area contributed by atoms with Crippen molar-refractivity contribution in [3.8, 4) is 0 Å². The highest BCUT2D eigenvalue weighted by Gasteiger charge is 2.29. The van der Waals surface area contributed by atoms with Crippen LogP contribution in [-0.4, -0.2) is 164 Å². The Morgan fingerprint density at radius 1 is 0.333 bits per heavy atom. The van der Waals surface area contributed by atoms with Crippen molar-refractivity contribution in [3.05, 3.63) is 146 Å². The zero-order chi connectivity index (χ0) is 74.1. The normalized spacial score (nSPS) is 16.9. The Labute approximate surface area is 637 Å². The van der Waals surface area contributed by atoms with Crippen molar-refractivity contribution in [2.24, 2.45) is 0 Å². The number of aliphatic hydroxyl groups is 4. The lowest BCUT2D eigenvalue weighted by Crippen LogP contribution is -2.57. The van der Waals surface area contributed by atoms with Crippen LogP contribution in [0.4, 0.5) is 0 Å². The van der Waals surface area contributed by atoms with Gasteiger partial charge in [-0.3, -0.25) is 29.2 Å². The number of rotatable bonds is 70. The smallest absolute Gasteiger partial charge is 0.189 e. The summed E-state index contributed by atoms with van der Waals surface area (Å²) >= 11 is 2.90. The molecule has 0 aromatic heterocycles. The quantitative estimate of drug-likeness (QED) is 0.0342. The zero-order valence-electron chi connectivity index (χ0n) is 66.3. The first-order chi connectivity index (χ1) is 49.9. The highest BCUT2D eigenvalue weighted by molar-refractivity contribution is 8.13. The van der Waals surface area contributed by atoms with Crippen molar-refractivity contribution in [1.82, 2.24) is 19.6 Å². The number of aliphatic hydroxyl groups excluding tert-OH is 4. The SMILES string of the molecule is CC/C=C\C/C=C\C/C=C\CCCCCCC(O)CN(CCCC(=O)SCCN1CC(C)N(CCSC(=O)CCCN(CC(O)CCCCCC/C=C\C/C=C\C/C=C\CC)CC(O)CCCCCC/C=C\C/C=C\C/C=C\CC)CC1C)CC(O)CCCCCC/C=C\C/C=C\C/C=C\CC. The molecule has 1 fully saturated rings. The Morgan fingerprint density at radius 3 is 0.804 bits per heavy atom. The minimum Gasteiger partial charge on any atom is -0.392 e. The molecule has 0 aromatic rings. The first kappa shape index (κ1) is 96.6. The molecular formula is C90H156N4O6S2. The van der Waals surface area contributed by atoms with Gasteiger partial charge in [-0.2, -0.15) is 0 Å². The van der Waals surface area contributed by atoms with E-state index in [2.05, 4.69) is 207 Å². The monoisotopic (exact) mass is 1450 g/mol. The van der Waals surface area contributed by atoms with E-state index in [0.29, 0.717) is 64.2 Å². The van der Waals surface area contributed by atoms with Gasteiger partial charge in [0, 0.05) is 88.8 Å². The van der Waals surface area contributed by atoms with Gasteiger partial charge in [-0.15, -0.1) is 0 Å². The molecule has 6 atom stereocenters. The van der Waals surface area contributed by atoms with E-state index in [-0.39, 0.29) is 10.2 Å². The number of piperazine rings is 1. The fraction of sp³-hybridized carbons (Fsp3) is 0.711. The van der Waals surface area contributed by atoms with E-state index >= 15 is 0 Å². The Kier molecular flexibility index (Phi) is 70.5. The fourth-order valence-electron chi connectivity index (χ4n) is 12.8. The van der Waals surface area contributed by atoms with Gasteiger partial charge >= 0.3 is 0 Å². The molecular weight excluding hydrogens is 1300 g/mol. The number of hydrogen-bond donors (Lipinski definition) is 4. The van der Waals surface area contributed by atoms with Crippen molar-refractivity contribution in [3.63, 3.8) is 0 Å². The van der Waals surface area contributed by atoms with Crippen LogP contribution in [0.15, 0.2) is 146 Å². The largest absolute Gasteiger partial charge is 0.392 e. The molecule has 0 aromatic carbocycles. The average molecular weight is 1450 g/mol. The molecule has 4 N–H and O–H groups in total. The maximum absolute atomic E-state index is 13.4. The van der Waals surface area contributed by atoms with E-state index in [4.69, 9.17) is 0 Å². The number of unbranched alkanes of at least 4 members (excludes halogenated alkanes) is 16. The minimum absolute atomic E-state index is 0.217. The highest BCUT2D eigenvalue weighted by atomic mass is 32.2. The second-order valence-electron chi connectivity index (χ2n) is 28.6. The average Bonchev–Trinajstić information content (AvgIpc) is 0.849. The van der Waals surface area contributed by atoms with E-state index in [1.165, 1.54) is 49.2 Å². The number of carbonyl (C=O) groups is 2. The highest BCUT2D eigenvalue weighted by Crippen LogP contribution is 2.21. The third-order valence-corrected chi connectivity index (χ3v) is 20.7. The van der Waals surface area contributed by atoms with Crippen molar-refractivity contribution < 1.29 is 30.0 Å². The van der Waals surface area contributed by atoms with E-state index in [1.54, 1.807) is 0 Å². The van der Waals surface area contributed by atoms with Crippen molar-refractivity contribution in [1.29, 1.82) is 0 Å². The Balaban J connectivity index is 2.63. The molecule has 584 valence electrons. The first-order valence-electron chi connectivity index (χ1n) is 41.7. The van der Waals surface area contributed by atoms with E-state index in [0.717, 1.165) is 256 Å². The van der Waals surface area contributed by atoms with Crippen LogP contribution in [0, 0.1) is 0 Å². The third kappa shape index (κ3) is 64.9. The van der Waals surface area contributed by atoms with Crippen LogP contribution in [0.25, 0.3) is 0 Å². The molecule has 1 heterocycles. The van der Waals surface area contributed by atoms with Gasteiger partial charge in [0.15, 0.2) is 10.2 Å². The second kappa shape index (κ2) is 74.5. The molecule has 12 heteroatoms. The van der Waals surface area contributed by atoms with E-state index in [9.17, 15) is 30.0 Å². The fourth-order valence-corrected chi connectivity index (χ4v) is 14.5. The molecule has 1 aliphatic heterocycles. The van der Waals surface area contributed by atoms with Crippen molar-refractivity contribution in [2.45, 2.75) is 335 Å². The topological polar surface area (TPSA) is 128 Å². The van der Waals surface area contributed by atoms with Crippen molar-refractivity contribution >= 4 is 33.8 Å². The molecule has 0 spiro atoms. The van der Waals surface area contributed by atoms with Crippen LogP contribution in [0.1, 0.15) is 298 Å². The maximum Gasteiger partial charge on any atom is 0.189 e. The summed E-state index contributed by atoms with van der Waals surface area (Å²) in [5.41, 5.74) is 0. The predicted octanol–water partition coefficient (Wildman–Crippen LogP) is 22.3. The minimum atomic E-state index is -0.448. The van der Waals surface area contributed by atoms with Crippen LogP contribution in [0.5, 0.6) is 0 Å². The molecule has 1 saturated heterocycles. The number of thioether (sulfide) groups is 2. The predicted molar refractivity (Wildman–Crippen MR) is 451 cm³/mol. The molecule has 0 bridgehead atoms. The molecule has 1 aliphatic rings. The molecule has 10 nitrogen and oxygen atoms in total. The van der Waals surface area contributed by atoms with E-state index < -0.39 is 24.4 Å². The van der Waals surface area contributed by atoms with Gasteiger partial charge in [-0.1, -0.05) is 274 Å². The first-order valence-corrected chi connectivity index (χ1v) is 43.6. The number of hydrogen-bond acceptors (Lipinski definition) is 12. The molecule has 1 rings (SSSR count). The molecule has 0 amide bonds. The summed E-state index contributed by atoms with van der Waals surface area (Å²) in [4.78, 5) is 36.2. The Bertz CT molecular complexity index is 2020. The summed E-state index contributed by atoms with van der Waals surface area (Å²) in [6, 6.07) is 0.700. The standard InChI is InChI=1S/C90H156N4O6S2/c1-7-11-15-19-23-27-31-35-39-43-47-51-55-59-65-85(95)79-91(80-86(96)66-60-56-52-48-44-40-36-32-28-24-20-16-12-8-2)71-63-69-89(99)101-75-73-93-77-84(6)94(78-83(93)5)74-76-102-90(100)70-64-72-92(81-87(97)67-61-57-53-49-45-41-37-33-29-25-21-17-13-9-3)82-88(98)68-62-58-54-50-46-42-38-34-30-26-22-18-14-10-4/h11-18,23-30,35-42,83-88,95-98H,7-10,19-22,31-34,43-82H2,1-6H3/b15-11-,16-12-,17-13-,18-14-,27-23-,28-24-,29-25-,30-26-,39-35-,40-36-,41-37-,42-38-. The molecule has 0 radical (unpaired) electrons. The third-order valence-electron chi connectivity index (χ3n) is 18.9. The summed E-state index contributed by atoms with van der Waals surface area (Å²) in [5.74, 6) is 1.52. The summed E-state index contributed by atoms with van der Waals surface area (Å²) in [5, 5.41) is 45.4. The summed E-state index contributed by atoms with van der Waals surface area (Å²) < 4.78 is 0. The van der Waals surface area contributed by atoms with Crippen molar-refractivity contribution in [2.75, 3.05) is 77.0 Å². The van der Waals surface area contributed by atoms with Crippen LogP contribution in [-0.2, 0) is 9.59 Å². The Morgan fingerprint density at radius 2 is 0.559 bits per heavy atom. The Hall–Kier alpha value is -3.40. The van der Waals surface area contributed by atoms with Crippen LogP contribution >= 0.6 is 23.5 Å². The summed E-state index contributed by atoms with van der Waals surface area (Å²) in [7, 11) is 0. The zero-order valence-corrected chi connectivity index (χ0v) is 67.9. The second-order valence-corrected chi connectivity index (χ2v) is 30.9. The lowest BCUT2D eigenvalue weighted by molar-refractivity contribution is -0.112. The lowest BCUT2D eigenvalue weighted by Gasteiger charge is -2.44. The molecule has 102 heavy (non-hydrogen) atoms. The number of allylic oxidation sites excluding steroid dienone is 24. The molecule has 6 unspecified atom stereocenters. The van der Waals surface area contributed by atoms with Crippen LogP contribution < -0.4 is 0 Å². The van der Waals surface area contributed by atoms with Crippen LogP contribution in [0.2, 0.25) is 0 Å². The van der Waals surface area contributed by atoms with Gasteiger partial charge in [0.1, 0.15) is 0 Å². The van der Waals surface area contributed by atoms with Crippen LogP contribution in [0.3, 0.4) is 0 Å². The van der Waals surface area contributed by atoms with Gasteiger partial charge in [-0.05, 0) is 194 Å². The van der Waals surface area contributed by atoms with E-state index in [1.807, 2.05) is 0 Å². The van der Waals surface area contributed by atoms with Gasteiger partial charge in [0.25, 0.3) is 0 Å². The van der Waals surface area contributed by atoms with Gasteiger partial charge in [0.2, 0.25) is 0 Å². The number of nitrogens with zero attached hydrogens (tertiary/aromatic N) is 4.